The first-order valence-corrected chi connectivity index (χ1v) is 9.93. The van der Waals surface area contributed by atoms with E-state index in [0.717, 1.165) is 44.5 Å². The largest absolute Gasteiger partial charge is 0.486 e. The van der Waals surface area contributed by atoms with Gasteiger partial charge < -0.3 is 25.0 Å². The highest BCUT2D eigenvalue weighted by Gasteiger charge is 2.18. The minimum atomic E-state index is 0.0864. The van der Waals surface area contributed by atoms with Crippen LogP contribution in [0.15, 0.2) is 17.1 Å². The second kappa shape index (κ2) is 9.69. The van der Waals surface area contributed by atoms with Crippen LogP contribution in [-0.2, 0) is 11.2 Å². The van der Waals surface area contributed by atoms with Crippen molar-refractivity contribution in [3.63, 3.8) is 0 Å². The molecule has 2 aliphatic heterocycles. The summed E-state index contributed by atoms with van der Waals surface area (Å²) < 4.78 is 11.2. The maximum absolute atomic E-state index is 12.1. The predicted molar refractivity (Wildman–Crippen MR) is 106 cm³/mol. The highest BCUT2D eigenvalue weighted by Crippen LogP contribution is 2.38. The fraction of sp³-hybridized carbons (Fsp3) is 0.579. The molecule has 0 aromatic heterocycles. The molecule has 3 rings (SSSR count). The third-order valence-corrected chi connectivity index (χ3v) is 4.82. The highest BCUT2D eigenvalue weighted by molar-refractivity contribution is 6.32. The van der Waals surface area contributed by atoms with Crippen molar-refractivity contribution in [2.75, 3.05) is 45.9 Å². The van der Waals surface area contributed by atoms with Crippen LogP contribution in [0.2, 0.25) is 5.02 Å². The van der Waals surface area contributed by atoms with E-state index in [1.54, 1.807) is 0 Å². The number of nitrogens with zero attached hydrogens (tertiary/aromatic N) is 2. The summed E-state index contributed by atoms with van der Waals surface area (Å²) in [6, 6.07) is 3.86. The van der Waals surface area contributed by atoms with Crippen LogP contribution in [0, 0.1) is 0 Å². The van der Waals surface area contributed by atoms with Crippen LogP contribution in [0.25, 0.3) is 0 Å². The van der Waals surface area contributed by atoms with Crippen LogP contribution in [0.3, 0.4) is 0 Å². The molecule has 1 saturated heterocycles. The van der Waals surface area contributed by atoms with E-state index in [2.05, 4.69) is 15.6 Å². The number of amides is 1. The predicted octanol–water partition coefficient (Wildman–Crippen LogP) is 1.83. The molecule has 2 aliphatic rings. The summed E-state index contributed by atoms with van der Waals surface area (Å²) in [5.41, 5.74) is 1.06. The fourth-order valence-corrected chi connectivity index (χ4v) is 3.48. The van der Waals surface area contributed by atoms with Crippen molar-refractivity contribution >= 4 is 23.5 Å². The Balaban J connectivity index is 1.52. The number of carbonyl (C=O) groups is 1. The Kier molecular flexibility index (Phi) is 7.04. The third-order valence-electron chi connectivity index (χ3n) is 4.54. The summed E-state index contributed by atoms with van der Waals surface area (Å²) in [5.74, 6) is 2.05. The molecule has 0 bridgehead atoms. The Labute approximate surface area is 165 Å². The Morgan fingerprint density at radius 1 is 1.22 bits per heavy atom. The van der Waals surface area contributed by atoms with E-state index < -0.39 is 0 Å². The quantitative estimate of drug-likeness (QED) is 0.568. The van der Waals surface area contributed by atoms with Gasteiger partial charge in [0.1, 0.15) is 19.8 Å². The van der Waals surface area contributed by atoms with E-state index in [-0.39, 0.29) is 12.5 Å². The lowest BCUT2D eigenvalue weighted by atomic mass is 10.1. The minimum absolute atomic E-state index is 0.0864. The van der Waals surface area contributed by atoms with E-state index in [0.29, 0.717) is 42.2 Å². The minimum Gasteiger partial charge on any atom is -0.486 e. The molecular formula is C19H27ClN4O3. The number of carbonyl (C=O) groups excluding carboxylic acids is 1. The third kappa shape index (κ3) is 5.42. The number of rotatable bonds is 6. The SMILES string of the molecule is CCNC(=NCC(=O)N1CCCC1)NCCc1cc(Cl)c2c(c1)OCCO2. The monoisotopic (exact) mass is 394 g/mol. The summed E-state index contributed by atoms with van der Waals surface area (Å²) in [7, 11) is 0. The lowest BCUT2D eigenvalue weighted by molar-refractivity contribution is -0.128. The van der Waals surface area contributed by atoms with Crippen molar-refractivity contribution in [3.05, 3.63) is 22.7 Å². The van der Waals surface area contributed by atoms with Gasteiger partial charge >= 0.3 is 0 Å². The molecule has 0 spiro atoms. The van der Waals surface area contributed by atoms with Crippen molar-refractivity contribution in [1.82, 2.24) is 15.5 Å². The van der Waals surface area contributed by atoms with Crippen molar-refractivity contribution < 1.29 is 14.3 Å². The van der Waals surface area contributed by atoms with Gasteiger partial charge in [-0.25, -0.2) is 4.99 Å². The number of hydrogen-bond donors (Lipinski definition) is 2. The van der Waals surface area contributed by atoms with Gasteiger partial charge in [0.15, 0.2) is 17.5 Å². The van der Waals surface area contributed by atoms with Gasteiger partial charge in [-0.2, -0.15) is 0 Å². The first-order chi connectivity index (χ1) is 13.2. The van der Waals surface area contributed by atoms with Crippen molar-refractivity contribution in [2.45, 2.75) is 26.2 Å². The molecule has 148 valence electrons. The van der Waals surface area contributed by atoms with Gasteiger partial charge in [-0.1, -0.05) is 11.6 Å². The zero-order valence-electron chi connectivity index (χ0n) is 15.7. The van der Waals surface area contributed by atoms with Crippen LogP contribution in [0.4, 0.5) is 0 Å². The van der Waals surface area contributed by atoms with Crippen LogP contribution < -0.4 is 20.1 Å². The van der Waals surface area contributed by atoms with Gasteiger partial charge in [-0.05, 0) is 43.9 Å². The molecule has 0 aliphatic carbocycles. The maximum atomic E-state index is 12.1. The van der Waals surface area contributed by atoms with Gasteiger partial charge in [0.05, 0.1) is 5.02 Å². The molecule has 27 heavy (non-hydrogen) atoms. The Bertz CT molecular complexity index is 690. The molecule has 0 radical (unpaired) electrons. The lowest BCUT2D eigenvalue weighted by Gasteiger charge is -2.20. The summed E-state index contributed by atoms with van der Waals surface area (Å²) >= 11 is 6.28. The van der Waals surface area contributed by atoms with Crippen LogP contribution >= 0.6 is 11.6 Å². The van der Waals surface area contributed by atoms with Gasteiger partial charge in [-0.15, -0.1) is 0 Å². The van der Waals surface area contributed by atoms with E-state index in [9.17, 15) is 4.79 Å². The number of nitrogens with one attached hydrogen (secondary N) is 2. The fourth-order valence-electron chi connectivity index (χ4n) is 3.19. The van der Waals surface area contributed by atoms with E-state index >= 15 is 0 Å². The molecule has 1 aromatic rings. The molecule has 7 nitrogen and oxygen atoms in total. The number of ether oxygens (including phenoxy) is 2. The van der Waals surface area contributed by atoms with Crippen molar-refractivity contribution in [1.29, 1.82) is 0 Å². The number of halogens is 1. The maximum Gasteiger partial charge on any atom is 0.244 e. The zero-order chi connectivity index (χ0) is 19.1. The second-order valence-electron chi connectivity index (χ2n) is 6.56. The second-order valence-corrected chi connectivity index (χ2v) is 6.97. The van der Waals surface area contributed by atoms with Gasteiger partial charge in [0, 0.05) is 26.2 Å². The molecule has 1 fully saturated rings. The smallest absolute Gasteiger partial charge is 0.244 e. The van der Waals surface area contributed by atoms with Crippen LogP contribution in [0.1, 0.15) is 25.3 Å². The first kappa shape index (κ1) is 19.6. The van der Waals surface area contributed by atoms with Crippen molar-refractivity contribution in [3.8, 4) is 11.5 Å². The van der Waals surface area contributed by atoms with Gasteiger partial charge in [-0.3, -0.25) is 4.79 Å². The molecule has 0 unspecified atom stereocenters. The zero-order valence-corrected chi connectivity index (χ0v) is 16.5. The molecule has 1 aromatic carbocycles. The number of aliphatic imine (C=N–C) groups is 1. The van der Waals surface area contributed by atoms with E-state index in [4.69, 9.17) is 21.1 Å². The van der Waals surface area contributed by atoms with Crippen molar-refractivity contribution in [2.24, 2.45) is 4.99 Å². The standard InChI is InChI=1S/C19H27ClN4O3/c1-2-21-19(23-13-17(25)24-7-3-4-8-24)22-6-5-14-11-15(20)18-16(12-14)26-9-10-27-18/h11-12H,2-10,13H2,1H3,(H2,21,22,23). The molecule has 8 heteroatoms. The summed E-state index contributed by atoms with van der Waals surface area (Å²) in [6.45, 7) is 6.33. The molecule has 1 amide bonds. The number of fused-ring (bicyclic) bond motifs is 1. The Morgan fingerprint density at radius 2 is 2.00 bits per heavy atom. The first-order valence-electron chi connectivity index (χ1n) is 9.55. The van der Waals surface area contributed by atoms with E-state index in [1.165, 1.54) is 0 Å². The molecule has 0 atom stereocenters. The van der Waals surface area contributed by atoms with Gasteiger partial charge in [0.2, 0.25) is 5.91 Å². The Hall–Kier alpha value is -2.15. The van der Waals surface area contributed by atoms with Crippen LogP contribution in [0.5, 0.6) is 11.5 Å². The molecule has 2 heterocycles. The molecule has 2 N–H and O–H groups in total. The number of hydrogen-bond acceptors (Lipinski definition) is 4. The van der Waals surface area contributed by atoms with Gasteiger partial charge in [0.25, 0.3) is 0 Å². The summed E-state index contributed by atoms with van der Waals surface area (Å²) in [6.07, 6.45) is 2.93. The number of guanidine groups is 1. The highest BCUT2D eigenvalue weighted by atomic mass is 35.5. The molecule has 0 saturated carbocycles. The summed E-state index contributed by atoms with van der Waals surface area (Å²) in [5, 5.41) is 7.01. The van der Waals surface area contributed by atoms with Crippen LogP contribution in [-0.4, -0.2) is 62.7 Å². The van der Waals surface area contributed by atoms with E-state index in [1.807, 2.05) is 24.0 Å². The normalized spacial score (nSPS) is 16.4. The average Bonchev–Trinajstić information content (AvgIpc) is 3.21. The summed E-state index contributed by atoms with van der Waals surface area (Å²) in [4.78, 5) is 18.4. The average molecular weight is 395 g/mol. The lowest BCUT2D eigenvalue weighted by Crippen LogP contribution is -2.39. The number of benzene rings is 1. The number of likely N-dealkylation sites (tertiary alicyclic amines) is 1. The topological polar surface area (TPSA) is 75.2 Å². The Morgan fingerprint density at radius 3 is 2.78 bits per heavy atom. The molecular weight excluding hydrogens is 368 g/mol.